The highest BCUT2D eigenvalue weighted by Gasteiger charge is 2.47. The molecular formula is C28H28N2O6. The number of Topliss-reactive ketones (excluding diaryl/α,β-unsaturated/α-hetero) is 1. The van der Waals surface area contributed by atoms with E-state index in [2.05, 4.69) is 4.98 Å². The van der Waals surface area contributed by atoms with E-state index in [9.17, 15) is 14.7 Å². The molecule has 36 heavy (non-hydrogen) atoms. The number of ether oxygens (including phenoxy) is 3. The lowest BCUT2D eigenvalue weighted by atomic mass is 9.95. The van der Waals surface area contributed by atoms with Gasteiger partial charge < -0.3 is 19.3 Å². The molecule has 2 heterocycles. The van der Waals surface area contributed by atoms with Gasteiger partial charge in [-0.25, -0.2) is 0 Å². The molecule has 1 amide bonds. The van der Waals surface area contributed by atoms with E-state index in [-0.39, 0.29) is 16.9 Å². The van der Waals surface area contributed by atoms with Crippen LogP contribution in [0.25, 0.3) is 5.76 Å². The van der Waals surface area contributed by atoms with Gasteiger partial charge in [-0.1, -0.05) is 12.1 Å². The third kappa shape index (κ3) is 4.75. The number of nitrogens with zero attached hydrogens (tertiary/aromatic N) is 2. The molecule has 0 aliphatic carbocycles. The molecule has 0 saturated carbocycles. The zero-order valence-corrected chi connectivity index (χ0v) is 20.4. The summed E-state index contributed by atoms with van der Waals surface area (Å²) in [4.78, 5) is 32.3. The zero-order valence-electron chi connectivity index (χ0n) is 20.4. The van der Waals surface area contributed by atoms with Crippen LogP contribution in [0, 0.1) is 0 Å². The number of amides is 1. The standard InChI is InChI=1S/C28H28N2O6/c1-4-34-20-11-7-10-19(15-20)30-25(18-9-8-14-29-17-18)24(27(32)28(30)33)26(31)22-13-12-21(35-5-2)16-23(22)36-6-3/h7-17,25,31H,4-6H2,1-3H3/b26-24-. The van der Waals surface area contributed by atoms with Crippen molar-refractivity contribution in [1.29, 1.82) is 0 Å². The van der Waals surface area contributed by atoms with E-state index >= 15 is 0 Å². The SMILES string of the molecule is CCOc1cccc(N2C(=O)C(=O)/C(=C(\O)c3ccc(OCC)cc3OCC)C2c2cccnc2)c1. The number of carbonyl (C=O) groups excluding carboxylic acids is 2. The molecule has 1 N–H and O–H groups in total. The number of anilines is 1. The van der Waals surface area contributed by atoms with Crippen LogP contribution in [0.1, 0.15) is 37.9 Å². The fourth-order valence-corrected chi connectivity index (χ4v) is 4.22. The number of rotatable bonds is 9. The zero-order chi connectivity index (χ0) is 25.7. The second-order valence-electron chi connectivity index (χ2n) is 7.91. The van der Waals surface area contributed by atoms with Gasteiger partial charge in [-0.05, 0) is 56.7 Å². The van der Waals surface area contributed by atoms with E-state index in [0.29, 0.717) is 48.3 Å². The lowest BCUT2D eigenvalue weighted by molar-refractivity contribution is -0.132. The molecule has 1 aromatic heterocycles. The van der Waals surface area contributed by atoms with Crippen LogP contribution in [-0.2, 0) is 9.59 Å². The van der Waals surface area contributed by atoms with Crippen LogP contribution in [-0.4, -0.2) is 41.6 Å². The summed E-state index contributed by atoms with van der Waals surface area (Å²) in [5, 5.41) is 11.5. The first kappa shape index (κ1) is 24.8. The summed E-state index contributed by atoms with van der Waals surface area (Å²) < 4.78 is 16.9. The first-order valence-corrected chi connectivity index (χ1v) is 11.8. The average molecular weight is 489 g/mol. The van der Waals surface area contributed by atoms with Crippen LogP contribution in [0.2, 0.25) is 0 Å². The lowest BCUT2D eigenvalue weighted by Crippen LogP contribution is -2.29. The summed E-state index contributed by atoms with van der Waals surface area (Å²) in [6.07, 6.45) is 3.18. The van der Waals surface area contributed by atoms with Crippen LogP contribution in [0.3, 0.4) is 0 Å². The quantitative estimate of drug-likeness (QED) is 0.260. The Balaban J connectivity index is 1.91. The molecular weight excluding hydrogens is 460 g/mol. The molecule has 8 heteroatoms. The first-order chi connectivity index (χ1) is 17.5. The number of aliphatic hydroxyl groups is 1. The van der Waals surface area contributed by atoms with Gasteiger partial charge in [0.25, 0.3) is 11.7 Å². The normalized spacial score (nSPS) is 16.8. The number of aromatic nitrogens is 1. The second-order valence-corrected chi connectivity index (χ2v) is 7.91. The fourth-order valence-electron chi connectivity index (χ4n) is 4.22. The van der Waals surface area contributed by atoms with Gasteiger partial charge in [0.1, 0.15) is 23.0 Å². The van der Waals surface area contributed by atoms with Gasteiger partial charge >= 0.3 is 0 Å². The smallest absolute Gasteiger partial charge is 0.300 e. The van der Waals surface area contributed by atoms with E-state index in [1.807, 2.05) is 20.8 Å². The largest absolute Gasteiger partial charge is 0.507 e. The van der Waals surface area contributed by atoms with Crippen LogP contribution in [0.15, 0.2) is 72.6 Å². The molecule has 0 radical (unpaired) electrons. The molecule has 1 atom stereocenters. The molecule has 2 aromatic carbocycles. The number of carbonyl (C=O) groups is 2. The lowest BCUT2D eigenvalue weighted by Gasteiger charge is -2.25. The molecule has 4 rings (SSSR count). The number of hydrogen-bond acceptors (Lipinski definition) is 7. The third-order valence-corrected chi connectivity index (χ3v) is 5.67. The van der Waals surface area contributed by atoms with E-state index in [0.717, 1.165) is 0 Å². The Morgan fingerprint density at radius 3 is 2.31 bits per heavy atom. The maximum atomic E-state index is 13.4. The van der Waals surface area contributed by atoms with E-state index < -0.39 is 17.7 Å². The van der Waals surface area contributed by atoms with Crippen molar-refractivity contribution in [3.05, 3.63) is 83.7 Å². The van der Waals surface area contributed by atoms with Crippen molar-refractivity contribution in [2.24, 2.45) is 0 Å². The van der Waals surface area contributed by atoms with Crippen LogP contribution in [0.4, 0.5) is 5.69 Å². The third-order valence-electron chi connectivity index (χ3n) is 5.67. The topological polar surface area (TPSA) is 98.2 Å². The molecule has 1 aliphatic heterocycles. The van der Waals surface area contributed by atoms with E-state index in [1.54, 1.807) is 67.0 Å². The maximum absolute atomic E-state index is 13.4. The number of aliphatic hydroxyl groups excluding tert-OH is 1. The highest BCUT2D eigenvalue weighted by atomic mass is 16.5. The summed E-state index contributed by atoms with van der Waals surface area (Å²) in [6, 6.07) is 14.5. The summed E-state index contributed by atoms with van der Waals surface area (Å²) in [5.74, 6) is -0.434. The maximum Gasteiger partial charge on any atom is 0.300 e. The minimum absolute atomic E-state index is 0.0556. The number of hydrogen-bond donors (Lipinski definition) is 1. The minimum atomic E-state index is -0.906. The summed E-state index contributed by atoms with van der Waals surface area (Å²) >= 11 is 0. The minimum Gasteiger partial charge on any atom is -0.507 e. The molecule has 0 spiro atoms. The van der Waals surface area contributed by atoms with Gasteiger partial charge in [-0.2, -0.15) is 0 Å². The van der Waals surface area contributed by atoms with Gasteiger partial charge in [0.2, 0.25) is 0 Å². The molecule has 1 aliphatic rings. The van der Waals surface area contributed by atoms with E-state index in [4.69, 9.17) is 14.2 Å². The average Bonchev–Trinajstić information content (AvgIpc) is 3.15. The van der Waals surface area contributed by atoms with Gasteiger partial charge in [-0.15, -0.1) is 0 Å². The first-order valence-electron chi connectivity index (χ1n) is 11.8. The molecule has 8 nitrogen and oxygen atoms in total. The van der Waals surface area contributed by atoms with Crippen molar-refractivity contribution in [2.75, 3.05) is 24.7 Å². The molecule has 3 aromatic rings. The molecule has 1 fully saturated rings. The van der Waals surface area contributed by atoms with Crippen molar-refractivity contribution in [2.45, 2.75) is 26.8 Å². The van der Waals surface area contributed by atoms with E-state index in [1.165, 1.54) is 4.90 Å². The van der Waals surface area contributed by atoms with Crippen molar-refractivity contribution < 1.29 is 28.9 Å². The van der Waals surface area contributed by atoms with Crippen molar-refractivity contribution in [3.63, 3.8) is 0 Å². The van der Waals surface area contributed by atoms with Crippen molar-refractivity contribution in [1.82, 2.24) is 4.98 Å². The Morgan fingerprint density at radius 2 is 1.64 bits per heavy atom. The predicted molar refractivity (Wildman–Crippen MR) is 135 cm³/mol. The van der Waals surface area contributed by atoms with Gasteiger partial charge in [0.05, 0.1) is 37.0 Å². The summed E-state index contributed by atoms with van der Waals surface area (Å²) in [6.45, 7) is 6.79. The van der Waals surface area contributed by atoms with Crippen LogP contribution < -0.4 is 19.1 Å². The number of pyridine rings is 1. The van der Waals surface area contributed by atoms with Gasteiger partial charge in [-0.3, -0.25) is 19.5 Å². The Hall–Kier alpha value is -4.33. The van der Waals surface area contributed by atoms with Gasteiger partial charge in [0, 0.05) is 30.2 Å². The van der Waals surface area contributed by atoms with Crippen LogP contribution in [0.5, 0.6) is 17.2 Å². The number of ketones is 1. The number of benzene rings is 2. The van der Waals surface area contributed by atoms with Crippen molar-refractivity contribution >= 4 is 23.1 Å². The Labute approximate surface area is 209 Å². The predicted octanol–water partition coefficient (Wildman–Crippen LogP) is 4.90. The highest BCUT2D eigenvalue weighted by molar-refractivity contribution is 6.51. The fraction of sp³-hybridized carbons (Fsp3) is 0.250. The van der Waals surface area contributed by atoms with Crippen LogP contribution >= 0.6 is 0 Å². The molecule has 1 unspecified atom stereocenters. The van der Waals surface area contributed by atoms with Crippen molar-refractivity contribution in [3.8, 4) is 17.2 Å². The molecule has 186 valence electrons. The Morgan fingerprint density at radius 1 is 0.917 bits per heavy atom. The summed E-state index contributed by atoms with van der Waals surface area (Å²) in [7, 11) is 0. The second kappa shape index (κ2) is 10.9. The Kier molecular flexibility index (Phi) is 7.53. The molecule has 0 bridgehead atoms. The molecule has 1 saturated heterocycles. The Bertz CT molecular complexity index is 1290. The monoisotopic (exact) mass is 488 g/mol. The highest BCUT2D eigenvalue weighted by Crippen LogP contribution is 2.44. The van der Waals surface area contributed by atoms with Gasteiger partial charge in [0.15, 0.2) is 0 Å². The summed E-state index contributed by atoms with van der Waals surface area (Å²) in [5.41, 5.74) is 1.27.